The quantitative estimate of drug-likeness (QED) is 0.714. The monoisotopic (exact) mass is 348 g/mol. The van der Waals surface area contributed by atoms with Crippen LogP contribution in [-0.2, 0) is 0 Å². The predicted octanol–water partition coefficient (Wildman–Crippen LogP) is 2.55. The fourth-order valence-electron chi connectivity index (χ4n) is 1.05. The topological polar surface area (TPSA) is 52.0 Å². The van der Waals surface area contributed by atoms with Gasteiger partial charge in [-0.25, -0.2) is 0 Å². The molecule has 0 heterocycles. The fourth-order valence-corrected chi connectivity index (χ4v) is 3.38. The maximum Gasteiger partial charge on any atom is 0.0693 e. The third-order valence-electron chi connectivity index (χ3n) is 1.99. The molecule has 4 N–H and O–H groups in total. The van der Waals surface area contributed by atoms with E-state index < -0.39 is 32.3 Å². The summed E-state index contributed by atoms with van der Waals surface area (Å²) in [6, 6.07) is 0. The Morgan fingerprint density at radius 3 is 0.688 bits per heavy atom. The minimum Gasteiger partial charge on any atom is -0.329 e. The van der Waals surface area contributed by atoms with E-state index in [1.54, 1.807) is 0 Å². The van der Waals surface area contributed by atoms with Crippen LogP contribution in [0.5, 0.6) is 0 Å². The van der Waals surface area contributed by atoms with Crippen molar-refractivity contribution in [3.05, 3.63) is 0 Å². The summed E-state index contributed by atoms with van der Waals surface area (Å²) in [5.74, 6) is 0. The molecule has 98 valence electrons. The lowest BCUT2D eigenvalue weighted by molar-refractivity contribution is 0.544. The molecule has 0 unspecified atom stereocenters. The molecule has 0 bridgehead atoms. The van der Waals surface area contributed by atoms with Gasteiger partial charge in [0.05, 0.1) is 32.3 Å². The molecule has 0 spiro atoms. The number of hydrogen-bond donors (Lipinski definition) is 2. The van der Waals surface area contributed by atoms with E-state index in [9.17, 15) is 0 Å². The molecule has 0 aromatic heterocycles. The third-order valence-corrected chi connectivity index (χ3v) is 6.02. The first-order valence-corrected chi connectivity index (χ1v) is 7.24. The third kappa shape index (κ3) is 4.74. The van der Waals surface area contributed by atoms with E-state index in [-0.39, 0.29) is 0 Å². The van der Waals surface area contributed by atoms with Gasteiger partial charge in [-0.2, -0.15) is 0 Å². The lowest BCUT2D eigenvalue weighted by Gasteiger charge is -2.37. The molecule has 0 aromatic carbocycles. The summed E-state index contributed by atoms with van der Waals surface area (Å²) in [5, 5.41) is -2.62. The SMILES string of the molecule is Cl[C@H]1[C@H](Cl)[C@@H](Cl)[C@@H](Cl)[C@H](Cl)[C@H]1Cl.NCCN. The van der Waals surface area contributed by atoms with E-state index >= 15 is 0 Å². The van der Waals surface area contributed by atoms with Crippen LogP contribution in [0.1, 0.15) is 0 Å². The van der Waals surface area contributed by atoms with Crippen molar-refractivity contribution >= 4 is 69.6 Å². The van der Waals surface area contributed by atoms with Gasteiger partial charge in [0, 0.05) is 13.1 Å². The summed E-state index contributed by atoms with van der Waals surface area (Å²) in [6.45, 7) is 1.19. The van der Waals surface area contributed by atoms with Crippen LogP contribution in [-0.4, -0.2) is 45.4 Å². The Bertz CT molecular complexity index is 135. The van der Waals surface area contributed by atoms with Gasteiger partial charge in [0.25, 0.3) is 0 Å². The number of rotatable bonds is 1. The first kappa shape index (κ1) is 17.7. The van der Waals surface area contributed by atoms with Gasteiger partial charge in [-0.3, -0.25) is 0 Å². The van der Waals surface area contributed by atoms with Crippen molar-refractivity contribution < 1.29 is 0 Å². The van der Waals surface area contributed by atoms with Gasteiger partial charge >= 0.3 is 0 Å². The van der Waals surface area contributed by atoms with Crippen molar-refractivity contribution in [3.8, 4) is 0 Å². The molecular weight excluding hydrogens is 337 g/mol. The minimum atomic E-state index is -0.437. The zero-order chi connectivity index (χ0) is 12.9. The second-order valence-electron chi connectivity index (χ2n) is 3.24. The second-order valence-corrected chi connectivity index (χ2v) is 6.27. The molecule has 0 amide bonds. The van der Waals surface area contributed by atoms with Crippen LogP contribution in [0.4, 0.5) is 0 Å². The van der Waals surface area contributed by atoms with E-state index in [2.05, 4.69) is 0 Å². The molecule has 1 rings (SSSR count). The maximum atomic E-state index is 5.88. The van der Waals surface area contributed by atoms with E-state index in [1.165, 1.54) is 0 Å². The van der Waals surface area contributed by atoms with Crippen LogP contribution in [0.3, 0.4) is 0 Å². The van der Waals surface area contributed by atoms with E-state index in [0.29, 0.717) is 13.1 Å². The van der Waals surface area contributed by atoms with Crippen LogP contribution in [0.25, 0.3) is 0 Å². The molecule has 0 atom stereocenters. The molecule has 1 fully saturated rings. The summed E-state index contributed by atoms with van der Waals surface area (Å²) in [6.07, 6.45) is 0. The molecular formula is C8H14Cl6N2. The Kier molecular flexibility index (Phi) is 9.61. The summed E-state index contributed by atoms with van der Waals surface area (Å²) >= 11 is 35.3. The Hall–Kier alpha value is 1.66. The van der Waals surface area contributed by atoms with Crippen LogP contribution < -0.4 is 11.5 Å². The molecule has 8 heteroatoms. The number of hydrogen-bond acceptors (Lipinski definition) is 2. The molecule has 0 aromatic rings. The number of alkyl halides is 6. The average molecular weight is 351 g/mol. The molecule has 1 saturated carbocycles. The van der Waals surface area contributed by atoms with Crippen molar-refractivity contribution in [1.29, 1.82) is 0 Å². The number of nitrogens with two attached hydrogens (primary N) is 2. The van der Waals surface area contributed by atoms with E-state index in [4.69, 9.17) is 81.1 Å². The van der Waals surface area contributed by atoms with Crippen LogP contribution in [0.15, 0.2) is 0 Å². The molecule has 1 aliphatic rings. The summed E-state index contributed by atoms with van der Waals surface area (Å²) in [7, 11) is 0. The number of halogens is 6. The van der Waals surface area contributed by atoms with Crippen molar-refractivity contribution in [1.82, 2.24) is 0 Å². The second kappa shape index (κ2) is 8.71. The summed E-state index contributed by atoms with van der Waals surface area (Å²) in [4.78, 5) is 0. The molecule has 0 saturated heterocycles. The summed E-state index contributed by atoms with van der Waals surface area (Å²) in [5.41, 5.74) is 9.81. The highest BCUT2D eigenvalue weighted by Crippen LogP contribution is 2.39. The molecule has 0 radical (unpaired) electrons. The van der Waals surface area contributed by atoms with Gasteiger partial charge in [0.15, 0.2) is 0 Å². The van der Waals surface area contributed by atoms with Gasteiger partial charge in [0.2, 0.25) is 0 Å². The van der Waals surface area contributed by atoms with Crippen molar-refractivity contribution in [2.75, 3.05) is 13.1 Å². The fraction of sp³-hybridized carbons (Fsp3) is 1.00. The Balaban J connectivity index is 0.000000487. The van der Waals surface area contributed by atoms with Crippen LogP contribution in [0, 0.1) is 0 Å². The highest BCUT2D eigenvalue weighted by atomic mass is 35.5. The van der Waals surface area contributed by atoms with Gasteiger partial charge in [0.1, 0.15) is 0 Å². The Morgan fingerprint density at radius 2 is 0.625 bits per heavy atom. The first-order valence-electron chi connectivity index (χ1n) is 4.63. The zero-order valence-electron chi connectivity index (χ0n) is 8.30. The smallest absolute Gasteiger partial charge is 0.0693 e. The maximum absolute atomic E-state index is 5.88. The van der Waals surface area contributed by atoms with Crippen LogP contribution >= 0.6 is 69.6 Å². The van der Waals surface area contributed by atoms with E-state index in [1.807, 2.05) is 0 Å². The molecule has 16 heavy (non-hydrogen) atoms. The first-order chi connectivity index (χ1) is 7.38. The standard InChI is InChI=1S/C6H6Cl6.C2H8N2/c7-1-2(8)4(10)6(12)5(11)3(1)9;3-1-2-4/h1-6H;1-4H2/t1-,2-,3-,4+,5+,6+;. The Labute approximate surface area is 126 Å². The van der Waals surface area contributed by atoms with Gasteiger partial charge in [-0.15, -0.1) is 69.6 Å². The Morgan fingerprint density at radius 1 is 0.500 bits per heavy atom. The highest BCUT2D eigenvalue weighted by molar-refractivity contribution is 6.45. The molecule has 0 aliphatic heterocycles. The lowest BCUT2D eigenvalue weighted by atomic mass is 9.97. The highest BCUT2D eigenvalue weighted by Gasteiger charge is 2.46. The molecule has 2 nitrogen and oxygen atoms in total. The van der Waals surface area contributed by atoms with Gasteiger partial charge in [-0.05, 0) is 0 Å². The lowest BCUT2D eigenvalue weighted by Crippen LogP contribution is -2.52. The van der Waals surface area contributed by atoms with Gasteiger partial charge in [-0.1, -0.05) is 0 Å². The molecule has 1 aliphatic carbocycles. The van der Waals surface area contributed by atoms with Crippen molar-refractivity contribution in [2.24, 2.45) is 11.5 Å². The summed E-state index contributed by atoms with van der Waals surface area (Å²) < 4.78 is 0. The minimum absolute atomic E-state index is 0.437. The normalized spacial score (nSPS) is 43.5. The largest absolute Gasteiger partial charge is 0.329 e. The van der Waals surface area contributed by atoms with Crippen molar-refractivity contribution in [3.63, 3.8) is 0 Å². The predicted molar refractivity (Wildman–Crippen MR) is 76.0 cm³/mol. The zero-order valence-corrected chi connectivity index (χ0v) is 12.8. The van der Waals surface area contributed by atoms with Gasteiger partial charge < -0.3 is 11.5 Å². The van der Waals surface area contributed by atoms with Crippen LogP contribution in [0.2, 0.25) is 0 Å². The van der Waals surface area contributed by atoms with E-state index in [0.717, 1.165) is 0 Å². The average Bonchev–Trinajstić information content (AvgIpc) is 2.31. The van der Waals surface area contributed by atoms with Crippen molar-refractivity contribution in [2.45, 2.75) is 32.3 Å².